The van der Waals surface area contributed by atoms with Gasteiger partial charge in [0.05, 0.1) is 38.9 Å². The zero-order valence-electron chi connectivity index (χ0n) is 46.7. The minimum atomic E-state index is -0.652. The second-order valence-corrected chi connectivity index (χ2v) is 27.0. The minimum absolute atomic E-state index is 0.0287. The van der Waals surface area contributed by atoms with Crippen LogP contribution in [0, 0.1) is 0 Å². The fourth-order valence-corrected chi connectivity index (χ4v) is 14.2. The molecule has 2 heteroatoms. The van der Waals surface area contributed by atoms with Gasteiger partial charge in [0.1, 0.15) is 0 Å². The molecule has 0 amide bonds. The van der Waals surface area contributed by atoms with Crippen LogP contribution in [0.1, 0.15) is 128 Å². The first-order valence-electron chi connectivity index (χ1n) is 28.0. The van der Waals surface area contributed by atoms with Crippen molar-refractivity contribution in [2.75, 3.05) is 0 Å². The van der Waals surface area contributed by atoms with Gasteiger partial charge in [0, 0.05) is 27.1 Å². The summed E-state index contributed by atoms with van der Waals surface area (Å²) in [7, 11) is 0. The Morgan fingerprint density at radius 2 is 0.753 bits per heavy atom. The Hall–Kier alpha value is -7.94. The smallest absolute Gasteiger partial charge is 0.0754 e. The summed E-state index contributed by atoms with van der Waals surface area (Å²) in [6.45, 7) is 28.3. The monoisotopic (exact) mass is 995 g/mol. The Balaban J connectivity index is 1.19. The first-order valence-corrected chi connectivity index (χ1v) is 28.0. The van der Waals surface area contributed by atoms with E-state index < -0.39 is 5.41 Å². The lowest BCUT2D eigenvalue weighted by Crippen LogP contribution is -2.34. The molecule has 0 fully saturated rings. The quantitative estimate of drug-likeness (QED) is 0.153. The number of fused-ring (bicyclic) bond motifs is 15. The normalized spacial score (nSPS) is 14.3. The third-order valence-corrected chi connectivity index (χ3v) is 18.3. The van der Waals surface area contributed by atoms with Crippen LogP contribution in [0.25, 0.3) is 110 Å². The molecule has 0 N–H and O–H groups in total. The Labute approximate surface area is 452 Å². The van der Waals surface area contributed by atoms with Gasteiger partial charge in [-0.2, -0.15) is 0 Å². The van der Waals surface area contributed by atoms with Crippen molar-refractivity contribution >= 4 is 75.9 Å². The first-order chi connectivity index (χ1) is 36.7. The fraction of sp³-hybridized carbons (Fsp3) is 0.227. The summed E-state index contributed by atoms with van der Waals surface area (Å²) < 4.78 is 5.32. The number of hydrogen-bond acceptors (Lipinski definition) is 0. The molecular formula is C75H66N2. The Morgan fingerprint density at radius 1 is 0.286 bits per heavy atom. The molecule has 0 saturated heterocycles. The van der Waals surface area contributed by atoms with E-state index in [4.69, 9.17) is 0 Å². The average molecular weight is 995 g/mol. The molecule has 11 aromatic carbocycles. The van der Waals surface area contributed by atoms with Crippen LogP contribution in [0.4, 0.5) is 0 Å². The molecule has 3 heterocycles. The highest BCUT2D eigenvalue weighted by molar-refractivity contribution is 6.26. The average Bonchev–Trinajstić information content (AvgIpc) is 3.35. The Kier molecular flexibility index (Phi) is 9.13. The molecule has 0 bridgehead atoms. The van der Waals surface area contributed by atoms with Crippen molar-refractivity contribution in [2.45, 2.75) is 110 Å². The molecule has 376 valence electrons. The van der Waals surface area contributed by atoms with E-state index in [9.17, 15) is 0 Å². The second kappa shape index (κ2) is 15.2. The number of rotatable bonds is 2. The van der Waals surface area contributed by atoms with E-state index in [2.05, 4.69) is 274 Å². The molecule has 1 spiro atoms. The van der Waals surface area contributed by atoms with E-state index in [0.717, 1.165) is 0 Å². The van der Waals surface area contributed by atoms with Gasteiger partial charge in [0.15, 0.2) is 0 Å². The van der Waals surface area contributed by atoms with Crippen molar-refractivity contribution < 1.29 is 0 Å². The molecule has 15 rings (SSSR count). The first kappa shape index (κ1) is 46.4. The summed E-state index contributed by atoms with van der Waals surface area (Å²) >= 11 is 0. The number of aromatic nitrogens is 2. The molecule has 13 aromatic rings. The summed E-state index contributed by atoms with van der Waals surface area (Å²) in [5, 5.41) is 13.0. The molecule has 1 aliphatic carbocycles. The second-order valence-electron chi connectivity index (χ2n) is 27.0. The molecule has 0 saturated carbocycles. The van der Waals surface area contributed by atoms with Gasteiger partial charge in [-0.25, -0.2) is 0 Å². The Bertz CT molecular complexity index is 4580. The largest absolute Gasteiger partial charge is 0.309 e. The number of benzene rings is 11. The molecule has 2 aromatic heterocycles. The summed E-state index contributed by atoms with van der Waals surface area (Å²) in [6, 6.07) is 72.1. The van der Waals surface area contributed by atoms with Crippen molar-refractivity contribution in [3.8, 4) is 33.6 Å². The lowest BCUT2D eigenvalue weighted by Gasteiger charge is -2.41. The van der Waals surface area contributed by atoms with Crippen molar-refractivity contribution in [3.05, 3.63) is 226 Å². The van der Waals surface area contributed by atoms with E-state index >= 15 is 0 Å². The number of hydrogen-bond donors (Lipinski definition) is 0. The lowest BCUT2D eigenvalue weighted by molar-refractivity contribution is 0.588. The maximum absolute atomic E-state index is 2.68. The SMILES string of the molecule is CC(C)(C)c1ccc2c(c1)c1cc(C(C)(C)C)ccc1n2-c1cc2c(cc1-c1ccc3ccc4cccc5ccc1c3c45)C1(c3ccccc3-c3ccccc31)c1cc(C(C)(C)C)cc3c4cc(C(C)(C)C)ccc4n-2c13. The van der Waals surface area contributed by atoms with E-state index in [0.29, 0.717) is 0 Å². The van der Waals surface area contributed by atoms with Crippen LogP contribution < -0.4 is 0 Å². The maximum atomic E-state index is 2.68. The predicted octanol–water partition coefficient (Wildman–Crippen LogP) is 20.3. The van der Waals surface area contributed by atoms with Crippen LogP contribution in [0.2, 0.25) is 0 Å². The van der Waals surface area contributed by atoms with Gasteiger partial charge in [0.2, 0.25) is 0 Å². The van der Waals surface area contributed by atoms with E-state index in [1.807, 2.05) is 0 Å². The predicted molar refractivity (Wildman–Crippen MR) is 330 cm³/mol. The Morgan fingerprint density at radius 3 is 1.30 bits per heavy atom. The highest BCUT2D eigenvalue weighted by Gasteiger charge is 2.52. The molecule has 1 aliphatic heterocycles. The van der Waals surface area contributed by atoms with Gasteiger partial charge in [-0.1, -0.05) is 210 Å². The number of nitrogens with zero attached hydrogens (tertiary/aromatic N) is 2. The van der Waals surface area contributed by atoms with Crippen LogP contribution in [-0.2, 0) is 27.1 Å². The summed E-state index contributed by atoms with van der Waals surface area (Å²) in [4.78, 5) is 0. The lowest BCUT2D eigenvalue weighted by atomic mass is 9.64. The van der Waals surface area contributed by atoms with Gasteiger partial charge in [-0.15, -0.1) is 0 Å². The fourth-order valence-electron chi connectivity index (χ4n) is 14.2. The van der Waals surface area contributed by atoms with Crippen LogP contribution >= 0.6 is 0 Å². The van der Waals surface area contributed by atoms with Crippen molar-refractivity contribution in [1.29, 1.82) is 0 Å². The van der Waals surface area contributed by atoms with Crippen molar-refractivity contribution in [1.82, 2.24) is 9.13 Å². The van der Waals surface area contributed by atoms with Crippen molar-refractivity contribution in [3.63, 3.8) is 0 Å². The minimum Gasteiger partial charge on any atom is -0.309 e. The van der Waals surface area contributed by atoms with E-state index in [1.165, 1.54) is 154 Å². The zero-order chi connectivity index (χ0) is 53.0. The van der Waals surface area contributed by atoms with Gasteiger partial charge in [-0.3, -0.25) is 0 Å². The van der Waals surface area contributed by atoms with Crippen LogP contribution in [0.5, 0.6) is 0 Å². The standard InChI is InChI=1S/C75H66N2/c1-71(2,3)46-28-33-63-54(36-46)55-37-47(72(4,5)6)29-34-64(55)76(63)66-42-67-61(41-57(66)50-31-26-45-25-24-43-18-17-19-44-27-32-53(50)69(45)68(43)44)75(59-22-15-13-20-51(59)52-21-14-16-23-60(52)75)62-40-49(74(10,11)12)39-58-56-38-48(73(7,8)9)30-35-65(56)77(67)70(58)62/h13-42H,1-12H3. The van der Waals surface area contributed by atoms with Crippen molar-refractivity contribution in [2.24, 2.45) is 0 Å². The third-order valence-electron chi connectivity index (χ3n) is 18.3. The zero-order valence-corrected chi connectivity index (χ0v) is 46.7. The molecule has 0 unspecified atom stereocenters. The van der Waals surface area contributed by atoms with Gasteiger partial charge in [-0.05, 0) is 170 Å². The highest BCUT2D eigenvalue weighted by atomic mass is 15.0. The molecule has 0 radical (unpaired) electrons. The summed E-state index contributed by atoms with van der Waals surface area (Å²) in [5.41, 5.74) is 22.3. The van der Waals surface area contributed by atoms with Gasteiger partial charge in [0.25, 0.3) is 0 Å². The molecule has 0 atom stereocenters. The summed E-state index contributed by atoms with van der Waals surface area (Å²) in [5.74, 6) is 0. The maximum Gasteiger partial charge on any atom is 0.0754 e. The highest BCUT2D eigenvalue weighted by Crippen LogP contribution is 2.63. The third kappa shape index (κ3) is 6.25. The van der Waals surface area contributed by atoms with Crippen LogP contribution in [0.15, 0.2) is 182 Å². The van der Waals surface area contributed by atoms with E-state index in [1.54, 1.807) is 0 Å². The van der Waals surface area contributed by atoms with Gasteiger partial charge < -0.3 is 9.13 Å². The topological polar surface area (TPSA) is 9.86 Å². The van der Waals surface area contributed by atoms with Crippen LogP contribution in [-0.4, -0.2) is 9.13 Å². The summed E-state index contributed by atoms with van der Waals surface area (Å²) in [6.07, 6.45) is 0. The van der Waals surface area contributed by atoms with Gasteiger partial charge >= 0.3 is 0 Å². The molecule has 77 heavy (non-hydrogen) atoms. The molecule has 2 aliphatic rings. The molecular weight excluding hydrogens is 929 g/mol. The van der Waals surface area contributed by atoms with Crippen LogP contribution in [0.3, 0.4) is 0 Å². The van der Waals surface area contributed by atoms with E-state index in [-0.39, 0.29) is 21.7 Å². The molecule has 2 nitrogen and oxygen atoms in total.